The number of nitrogens with zero attached hydrogens (tertiary/aromatic N) is 5. The lowest BCUT2D eigenvalue weighted by atomic mass is 10.2. The van der Waals surface area contributed by atoms with Crippen LogP contribution in [0, 0.1) is 12.7 Å². The lowest BCUT2D eigenvalue weighted by molar-refractivity contribution is 0.0997. The quantitative estimate of drug-likeness (QED) is 0.381. The van der Waals surface area contributed by atoms with Crippen molar-refractivity contribution in [3.63, 3.8) is 0 Å². The molecule has 0 aliphatic rings. The number of halogens is 1. The number of benzene rings is 1. The highest BCUT2D eigenvalue weighted by molar-refractivity contribution is 6.05. The summed E-state index contributed by atoms with van der Waals surface area (Å²) in [7, 11) is 1.63. The zero-order chi connectivity index (χ0) is 26.1. The fraction of sp³-hybridized carbons (Fsp3) is 0.125. The number of anilines is 1. The van der Waals surface area contributed by atoms with Gasteiger partial charge in [-0.3, -0.25) is 19.1 Å². The normalized spacial score (nSPS) is 11.2. The fourth-order valence-electron chi connectivity index (χ4n) is 3.64. The van der Waals surface area contributed by atoms with E-state index in [-0.39, 0.29) is 28.4 Å². The van der Waals surface area contributed by atoms with Crippen molar-refractivity contribution in [3.05, 3.63) is 88.5 Å². The zero-order valence-electron chi connectivity index (χ0n) is 19.7. The first-order valence-corrected chi connectivity index (χ1v) is 10.6. The third kappa shape index (κ3) is 4.27. The topological polar surface area (TPSA) is 139 Å². The van der Waals surface area contributed by atoms with Gasteiger partial charge in [-0.1, -0.05) is 12.7 Å². The monoisotopic (exact) mass is 491 g/mol. The molecule has 4 aromatic rings. The van der Waals surface area contributed by atoms with E-state index < -0.39 is 23.2 Å². The molecule has 0 spiro atoms. The molecule has 0 unspecified atom stereocenters. The molecule has 0 aliphatic carbocycles. The minimum absolute atomic E-state index is 0.00463. The number of aromatic nitrogens is 5. The molecule has 0 aliphatic heterocycles. The standard InChI is InChI=1S/C24H22FN7O4/c1-5-6-13(2)32-24(35)20(14(3)30(32)4)22(34)29-16-7-8-19(17(25)10-16)36-23-18-9-15(21(26)33)11-31(18)28-12-27-23/h5-12H,2H2,1,3-4H3,(H2,26,33)(H,29,34)/b6-5-. The first-order chi connectivity index (χ1) is 17.1. The van der Waals surface area contributed by atoms with Crippen molar-refractivity contribution in [1.29, 1.82) is 0 Å². The van der Waals surface area contributed by atoms with E-state index in [0.29, 0.717) is 16.9 Å². The molecule has 3 heterocycles. The van der Waals surface area contributed by atoms with E-state index in [1.54, 1.807) is 33.0 Å². The van der Waals surface area contributed by atoms with Gasteiger partial charge in [0.05, 0.1) is 17.0 Å². The van der Waals surface area contributed by atoms with E-state index in [1.807, 2.05) is 0 Å². The molecule has 0 saturated carbocycles. The van der Waals surface area contributed by atoms with Crippen LogP contribution in [-0.2, 0) is 7.05 Å². The fourth-order valence-corrected chi connectivity index (χ4v) is 3.64. The van der Waals surface area contributed by atoms with Crippen LogP contribution in [0.1, 0.15) is 33.3 Å². The van der Waals surface area contributed by atoms with E-state index in [1.165, 1.54) is 44.6 Å². The van der Waals surface area contributed by atoms with Crippen LogP contribution >= 0.6 is 0 Å². The third-order valence-corrected chi connectivity index (χ3v) is 5.46. The van der Waals surface area contributed by atoms with Crippen molar-refractivity contribution >= 4 is 28.7 Å². The Bertz CT molecular complexity index is 1630. The Kier molecular flexibility index (Phi) is 6.26. The SMILES string of the molecule is C=C(/C=C\C)n1c(=O)c(C(=O)Nc2ccc(Oc3ncnn4cc(C(N)=O)cc34)c(F)c2)c(C)n1C. The first kappa shape index (κ1) is 24.1. The molecule has 12 heteroatoms. The van der Waals surface area contributed by atoms with Gasteiger partial charge in [0.15, 0.2) is 11.6 Å². The Morgan fingerprint density at radius 2 is 2.03 bits per heavy atom. The summed E-state index contributed by atoms with van der Waals surface area (Å²) in [6.07, 6.45) is 5.95. The second kappa shape index (κ2) is 9.33. The van der Waals surface area contributed by atoms with Crippen molar-refractivity contribution in [2.45, 2.75) is 13.8 Å². The Balaban J connectivity index is 1.59. The molecule has 3 aromatic heterocycles. The molecule has 0 saturated heterocycles. The van der Waals surface area contributed by atoms with Crippen LogP contribution in [0.15, 0.2) is 60.3 Å². The van der Waals surface area contributed by atoms with Gasteiger partial charge in [-0.25, -0.2) is 13.6 Å². The third-order valence-electron chi connectivity index (χ3n) is 5.46. The Morgan fingerprint density at radius 1 is 1.28 bits per heavy atom. The molecule has 0 radical (unpaired) electrons. The number of ether oxygens (including phenoxy) is 1. The maximum atomic E-state index is 14.8. The predicted molar refractivity (Wildman–Crippen MR) is 130 cm³/mol. The molecule has 3 N–H and O–H groups in total. The summed E-state index contributed by atoms with van der Waals surface area (Å²) in [5.74, 6) is -2.34. The summed E-state index contributed by atoms with van der Waals surface area (Å²) < 4.78 is 24.6. The molecule has 4 rings (SSSR count). The minimum Gasteiger partial charge on any atom is -0.434 e. The van der Waals surface area contributed by atoms with Crippen molar-refractivity contribution in [2.24, 2.45) is 12.8 Å². The highest BCUT2D eigenvalue weighted by atomic mass is 19.1. The van der Waals surface area contributed by atoms with E-state index in [2.05, 4.69) is 22.0 Å². The van der Waals surface area contributed by atoms with Gasteiger partial charge < -0.3 is 15.8 Å². The van der Waals surface area contributed by atoms with Crippen molar-refractivity contribution in [1.82, 2.24) is 24.0 Å². The number of allylic oxidation sites excluding steroid dienone is 3. The molecule has 184 valence electrons. The molecule has 2 amide bonds. The van der Waals surface area contributed by atoms with Crippen molar-refractivity contribution in [3.8, 4) is 11.6 Å². The van der Waals surface area contributed by atoms with E-state index >= 15 is 0 Å². The first-order valence-electron chi connectivity index (χ1n) is 10.6. The van der Waals surface area contributed by atoms with Gasteiger partial charge in [0, 0.05) is 25.0 Å². The molecular formula is C24H22FN7O4. The van der Waals surface area contributed by atoms with Gasteiger partial charge in [0.2, 0.25) is 11.8 Å². The van der Waals surface area contributed by atoms with Gasteiger partial charge in [0.25, 0.3) is 11.5 Å². The molecular weight excluding hydrogens is 469 g/mol. The number of nitrogens with one attached hydrogen (secondary N) is 1. The number of hydrogen-bond donors (Lipinski definition) is 2. The van der Waals surface area contributed by atoms with Crippen LogP contribution < -0.4 is 21.3 Å². The zero-order valence-corrected chi connectivity index (χ0v) is 19.7. The number of nitrogens with two attached hydrogens (primary N) is 1. The van der Waals surface area contributed by atoms with Crippen LogP contribution in [0.4, 0.5) is 10.1 Å². The average Bonchev–Trinajstić information content (AvgIpc) is 3.35. The van der Waals surface area contributed by atoms with Crippen LogP contribution in [0.2, 0.25) is 0 Å². The predicted octanol–water partition coefficient (Wildman–Crippen LogP) is 2.87. The highest BCUT2D eigenvalue weighted by Crippen LogP contribution is 2.28. The maximum absolute atomic E-state index is 14.8. The number of carbonyl (C=O) groups excluding carboxylic acids is 2. The van der Waals surface area contributed by atoms with E-state index in [4.69, 9.17) is 10.5 Å². The van der Waals surface area contributed by atoms with Gasteiger partial charge in [-0.2, -0.15) is 10.1 Å². The number of rotatable bonds is 7. The molecule has 1 aromatic carbocycles. The van der Waals surface area contributed by atoms with Crippen LogP contribution in [0.5, 0.6) is 11.6 Å². The summed E-state index contributed by atoms with van der Waals surface area (Å²) in [6.45, 7) is 7.25. The number of primary amides is 1. The lowest BCUT2D eigenvalue weighted by Crippen LogP contribution is -2.25. The molecule has 11 nitrogen and oxygen atoms in total. The second-order valence-electron chi connectivity index (χ2n) is 7.78. The van der Waals surface area contributed by atoms with Crippen molar-refractivity contribution in [2.75, 3.05) is 5.32 Å². The number of carbonyl (C=O) groups is 2. The number of hydrogen-bond acceptors (Lipinski definition) is 6. The van der Waals surface area contributed by atoms with Crippen LogP contribution in [0.25, 0.3) is 11.2 Å². The summed E-state index contributed by atoms with van der Waals surface area (Å²) in [6, 6.07) is 5.18. The summed E-state index contributed by atoms with van der Waals surface area (Å²) in [5, 5.41) is 6.50. The minimum atomic E-state index is -0.796. The Morgan fingerprint density at radius 3 is 2.69 bits per heavy atom. The second-order valence-corrected chi connectivity index (χ2v) is 7.78. The lowest BCUT2D eigenvalue weighted by Gasteiger charge is -2.09. The summed E-state index contributed by atoms with van der Waals surface area (Å²) in [4.78, 5) is 41.2. The molecule has 36 heavy (non-hydrogen) atoms. The number of fused-ring (bicyclic) bond motifs is 1. The average molecular weight is 491 g/mol. The van der Waals surface area contributed by atoms with Crippen LogP contribution in [-0.4, -0.2) is 35.8 Å². The van der Waals surface area contributed by atoms with Crippen LogP contribution in [0.3, 0.4) is 0 Å². The van der Waals surface area contributed by atoms with E-state index in [9.17, 15) is 18.8 Å². The smallest absolute Gasteiger partial charge is 0.284 e. The number of amides is 2. The summed E-state index contributed by atoms with van der Waals surface area (Å²) in [5.41, 5.74) is 6.06. The largest absolute Gasteiger partial charge is 0.434 e. The maximum Gasteiger partial charge on any atom is 0.284 e. The van der Waals surface area contributed by atoms with Gasteiger partial charge in [0.1, 0.15) is 17.4 Å². The Labute approximate surface area is 203 Å². The Hall–Kier alpha value is -5.00. The van der Waals surface area contributed by atoms with E-state index in [0.717, 1.165) is 6.07 Å². The molecule has 0 bridgehead atoms. The van der Waals surface area contributed by atoms with Crippen molar-refractivity contribution < 1.29 is 18.7 Å². The van der Waals surface area contributed by atoms with Gasteiger partial charge in [-0.05, 0) is 38.1 Å². The molecule has 0 fully saturated rings. The van der Waals surface area contributed by atoms with Gasteiger partial charge >= 0.3 is 0 Å². The summed E-state index contributed by atoms with van der Waals surface area (Å²) >= 11 is 0. The highest BCUT2D eigenvalue weighted by Gasteiger charge is 2.23. The van der Waals surface area contributed by atoms with Gasteiger partial charge in [-0.15, -0.1) is 0 Å². The molecule has 0 atom stereocenters.